The lowest BCUT2D eigenvalue weighted by Crippen LogP contribution is -2.43. The molecule has 2 heterocycles. The summed E-state index contributed by atoms with van der Waals surface area (Å²) in [5, 5.41) is 0.172. The maximum atomic E-state index is 12.2. The molecule has 1 aliphatic rings. The molecule has 2 rings (SSSR count). The van der Waals surface area contributed by atoms with E-state index in [1.54, 1.807) is 4.90 Å². The molecule has 0 bridgehead atoms. The summed E-state index contributed by atoms with van der Waals surface area (Å²) in [6.07, 6.45) is 1.93. The Morgan fingerprint density at radius 1 is 1.36 bits per heavy atom. The first kappa shape index (κ1) is 16.7. The number of hydrogen-bond donors (Lipinski definition) is 0. The number of carbonyl (C=O) groups is 1. The third-order valence-corrected chi connectivity index (χ3v) is 3.46. The Balaban J connectivity index is 2.07. The van der Waals surface area contributed by atoms with Crippen LogP contribution in [-0.2, 0) is 4.74 Å². The van der Waals surface area contributed by atoms with Gasteiger partial charge in [0.1, 0.15) is 11.9 Å². The third kappa shape index (κ3) is 4.43. The van der Waals surface area contributed by atoms with Gasteiger partial charge in [0.05, 0.1) is 0 Å². The molecule has 1 aromatic heterocycles. The molecule has 7 nitrogen and oxygen atoms in total. The van der Waals surface area contributed by atoms with Gasteiger partial charge in [-0.2, -0.15) is 4.98 Å². The molecule has 1 fully saturated rings. The second kappa shape index (κ2) is 6.64. The zero-order valence-electron chi connectivity index (χ0n) is 13.4. The smallest absolute Gasteiger partial charge is 0.410 e. The molecule has 1 aliphatic heterocycles. The lowest BCUT2D eigenvalue weighted by Gasteiger charge is -2.30. The highest BCUT2D eigenvalue weighted by Crippen LogP contribution is 2.18. The Labute approximate surface area is 135 Å². The van der Waals surface area contributed by atoms with E-state index in [-0.39, 0.29) is 17.4 Å². The number of ether oxygens (including phenoxy) is 1. The van der Waals surface area contributed by atoms with Gasteiger partial charge >= 0.3 is 6.09 Å². The van der Waals surface area contributed by atoms with Gasteiger partial charge in [0.2, 0.25) is 11.2 Å². The second-order valence-electron chi connectivity index (χ2n) is 6.38. The van der Waals surface area contributed by atoms with Gasteiger partial charge in [0.25, 0.3) is 0 Å². The molecule has 0 radical (unpaired) electrons. The van der Waals surface area contributed by atoms with Crippen molar-refractivity contribution < 1.29 is 9.53 Å². The summed E-state index contributed by atoms with van der Waals surface area (Å²) in [5.41, 5.74) is -0.492. The van der Waals surface area contributed by atoms with Gasteiger partial charge in [-0.25, -0.2) is 14.8 Å². The largest absolute Gasteiger partial charge is 0.444 e. The van der Waals surface area contributed by atoms with E-state index in [1.165, 1.54) is 6.33 Å². The van der Waals surface area contributed by atoms with Crippen molar-refractivity contribution in [3.8, 4) is 0 Å². The molecular formula is C14H22ClN5O2. The lowest BCUT2D eigenvalue weighted by atomic mass is 10.2. The fourth-order valence-corrected chi connectivity index (χ4v) is 2.48. The first-order valence-corrected chi connectivity index (χ1v) is 7.73. The van der Waals surface area contributed by atoms with E-state index in [9.17, 15) is 4.79 Å². The Morgan fingerprint density at radius 2 is 2.09 bits per heavy atom. The van der Waals surface area contributed by atoms with Crippen LogP contribution in [0, 0.1) is 0 Å². The maximum absolute atomic E-state index is 12.2. The third-order valence-electron chi connectivity index (χ3n) is 3.28. The summed E-state index contributed by atoms with van der Waals surface area (Å²) in [6.45, 7) is 9.58. The monoisotopic (exact) mass is 327 g/mol. The quantitative estimate of drug-likeness (QED) is 0.788. The van der Waals surface area contributed by atoms with E-state index in [4.69, 9.17) is 16.3 Å². The Hall–Kier alpha value is -1.63. The van der Waals surface area contributed by atoms with E-state index in [0.717, 1.165) is 13.0 Å². The van der Waals surface area contributed by atoms with Crippen molar-refractivity contribution in [3.63, 3.8) is 0 Å². The molecule has 8 heteroatoms. The van der Waals surface area contributed by atoms with Crippen molar-refractivity contribution in [2.75, 3.05) is 24.5 Å². The predicted molar refractivity (Wildman–Crippen MR) is 84.1 cm³/mol. The summed E-state index contributed by atoms with van der Waals surface area (Å²) in [7, 11) is 0. The first-order chi connectivity index (χ1) is 10.3. The van der Waals surface area contributed by atoms with Gasteiger partial charge in [-0.1, -0.05) is 0 Å². The fourth-order valence-electron chi connectivity index (χ4n) is 2.36. The van der Waals surface area contributed by atoms with Crippen molar-refractivity contribution in [3.05, 3.63) is 11.6 Å². The Kier molecular flexibility index (Phi) is 5.05. The molecule has 122 valence electrons. The van der Waals surface area contributed by atoms with Gasteiger partial charge in [-0.15, -0.1) is 0 Å². The van der Waals surface area contributed by atoms with Crippen LogP contribution in [0.25, 0.3) is 0 Å². The molecule has 1 aromatic rings. The molecule has 1 atom stereocenters. The van der Waals surface area contributed by atoms with Crippen LogP contribution >= 0.6 is 11.6 Å². The number of anilines is 1. The van der Waals surface area contributed by atoms with Gasteiger partial charge in [-0.05, 0) is 45.7 Å². The SMILES string of the molecule is C[C@H]1CN(C(=O)OC(C)(C)C)CCCN1c1ncnc(Cl)n1. The summed E-state index contributed by atoms with van der Waals surface area (Å²) in [4.78, 5) is 28.1. The molecule has 0 unspecified atom stereocenters. The van der Waals surface area contributed by atoms with Crippen LogP contribution in [0.15, 0.2) is 6.33 Å². The summed E-state index contributed by atoms with van der Waals surface area (Å²) < 4.78 is 5.45. The van der Waals surface area contributed by atoms with Crippen LogP contribution in [0.4, 0.5) is 10.7 Å². The minimum absolute atomic E-state index is 0.0634. The topological polar surface area (TPSA) is 71.5 Å². The van der Waals surface area contributed by atoms with Crippen molar-refractivity contribution in [2.24, 2.45) is 0 Å². The van der Waals surface area contributed by atoms with Crippen LogP contribution in [0.2, 0.25) is 5.28 Å². The highest BCUT2D eigenvalue weighted by atomic mass is 35.5. The zero-order valence-corrected chi connectivity index (χ0v) is 14.2. The van der Waals surface area contributed by atoms with Crippen LogP contribution in [0.3, 0.4) is 0 Å². The Morgan fingerprint density at radius 3 is 2.73 bits per heavy atom. The zero-order chi connectivity index (χ0) is 16.3. The highest BCUT2D eigenvalue weighted by molar-refractivity contribution is 6.28. The van der Waals surface area contributed by atoms with Crippen LogP contribution in [0.5, 0.6) is 0 Å². The van der Waals surface area contributed by atoms with E-state index in [1.807, 2.05) is 32.6 Å². The number of nitrogens with zero attached hydrogens (tertiary/aromatic N) is 5. The average molecular weight is 328 g/mol. The van der Waals surface area contributed by atoms with Gasteiger partial charge in [0.15, 0.2) is 0 Å². The molecule has 0 aliphatic carbocycles. The summed E-state index contributed by atoms with van der Waals surface area (Å²) >= 11 is 5.83. The minimum atomic E-state index is -0.492. The van der Waals surface area contributed by atoms with E-state index in [0.29, 0.717) is 19.0 Å². The molecule has 0 N–H and O–H groups in total. The van der Waals surface area contributed by atoms with E-state index >= 15 is 0 Å². The molecule has 0 spiro atoms. The number of amides is 1. The van der Waals surface area contributed by atoms with Crippen molar-refractivity contribution in [1.29, 1.82) is 0 Å². The molecule has 22 heavy (non-hydrogen) atoms. The number of aromatic nitrogens is 3. The number of hydrogen-bond acceptors (Lipinski definition) is 6. The van der Waals surface area contributed by atoms with Crippen LogP contribution in [0.1, 0.15) is 34.1 Å². The van der Waals surface area contributed by atoms with Gasteiger partial charge in [-0.3, -0.25) is 0 Å². The van der Waals surface area contributed by atoms with Gasteiger partial charge < -0.3 is 14.5 Å². The molecule has 0 saturated carbocycles. The van der Waals surface area contributed by atoms with Crippen molar-refractivity contribution in [1.82, 2.24) is 19.9 Å². The van der Waals surface area contributed by atoms with Crippen LogP contribution in [-0.4, -0.2) is 57.2 Å². The molecule has 1 amide bonds. The average Bonchev–Trinajstić information content (AvgIpc) is 2.58. The fraction of sp³-hybridized carbons (Fsp3) is 0.714. The number of rotatable bonds is 1. The number of carbonyl (C=O) groups excluding carboxylic acids is 1. The minimum Gasteiger partial charge on any atom is -0.444 e. The van der Waals surface area contributed by atoms with Crippen LogP contribution < -0.4 is 4.90 Å². The Bertz CT molecular complexity index is 534. The molecule has 0 aromatic carbocycles. The standard InChI is InChI=1S/C14H22ClN5O2/c1-10-8-19(13(21)22-14(2,3)4)6-5-7-20(10)12-17-9-16-11(15)18-12/h9-10H,5-8H2,1-4H3/t10-/m0/s1. The molecule has 1 saturated heterocycles. The second-order valence-corrected chi connectivity index (χ2v) is 6.71. The predicted octanol–water partition coefficient (Wildman–Crippen LogP) is 2.36. The summed E-state index contributed by atoms with van der Waals surface area (Å²) in [6, 6.07) is 0.0634. The van der Waals surface area contributed by atoms with E-state index in [2.05, 4.69) is 15.0 Å². The maximum Gasteiger partial charge on any atom is 0.410 e. The summed E-state index contributed by atoms with van der Waals surface area (Å²) in [5.74, 6) is 0.540. The highest BCUT2D eigenvalue weighted by Gasteiger charge is 2.29. The van der Waals surface area contributed by atoms with E-state index < -0.39 is 5.60 Å². The normalized spacial score (nSPS) is 19.8. The molecular weight excluding hydrogens is 306 g/mol. The van der Waals surface area contributed by atoms with Crippen molar-refractivity contribution in [2.45, 2.75) is 45.8 Å². The first-order valence-electron chi connectivity index (χ1n) is 7.35. The number of halogens is 1. The van der Waals surface area contributed by atoms with Crippen molar-refractivity contribution >= 4 is 23.6 Å². The lowest BCUT2D eigenvalue weighted by molar-refractivity contribution is 0.0251. The van der Waals surface area contributed by atoms with Gasteiger partial charge in [0, 0.05) is 25.7 Å².